The van der Waals surface area contributed by atoms with Crippen LogP contribution in [-0.2, 0) is 0 Å². The van der Waals surface area contributed by atoms with E-state index in [4.69, 9.17) is 0 Å². The molecule has 0 saturated heterocycles. The van der Waals surface area contributed by atoms with Crippen LogP contribution < -0.4 is 0 Å². The van der Waals surface area contributed by atoms with E-state index in [-0.39, 0.29) is 0 Å². The van der Waals surface area contributed by atoms with E-state index >= 15 is 0 Å². The fourth-order valence-electron chi connectivity index (χ4n) is 0.750. The predicted molar refractivity (Wildman–Crippen MR) is 42.6 cm³/mol. The second-order valence-electron chi connectivity index (χ2n) is 3.31. The molecule has 0 aliphatic heterocycles. The minimum absolute atomic E-state index is 0.372. The zero-order chi connectivity index (χ0) is 5.91. The van der Waals surface area contributed by atoms with Crippen molar-refractivity contribution >= 4 is 17.6 Å². The SMILES string of the molecule is C[SiH2]C[Si](C)(C)C. The highest BCUT2D eigenvalue weighted by molar-refractivity contribution is 6.82. The molecule has 0 fully saturated rings. The molecule has 0 amide bonds. The normalized spacial score (nSPS) is 13.7. The lowest BCUT2D eigenvalue weighted by Crippen LogP contribution is -2.20. The van der Waals surface area contributed by atoms with Crippen molar-refractivity contribution in [3.8, 4) is 0 Å². The summed E-state index contributed by atoms with van der Waals surface area (Å²) >= 11 is 0. The van der Waals surface area contributed by atoms with Crippen LogP contribution in [0.15, 0.2) is 0 Å². The molecule has 0 rings (SSSR count). The van der Waals surface area contributed by atoms with Gasteiger partial charge in [-0.3, -0.25) is 0 Å². The maximum Gasteiger partial charge on any atom is 0.0411 e. The molecule has 0 bridgehead atoms. The maximum absolute atomic E-state index is 2.45. The molecule has 0 N–H and O–H groups in total. The summed E-state index contributed by atoms with van der Waals surface area (Å²) in [5.74, 6) is 0. The van der Waals surface area contributed by atoms with Crippen LogP contribution >= 0.6 is 0 Å². The number of rotatable bonds is 2. The molecule has 44 valence electrons. The van der Waals surface area contributed by atoms with Gasteiger partial charge in [-0.2, -0.15) is 0 Å². The van der Waals surface area contributed by atoms with E-state index in [1.54, 1.807) is 5.67 Å². The van der Waals surface area contributed by atoms with Crippen LogP contribution in [0.3, 0.4) is 0 Å². The van der Waals surface area contributed by atoms with E-state index in [9.17, 15) is 0 Å². The summed E-state index contributed by atoms with van der Waals surface area (Å²) < 4.78 is 0. The third-order valence-electron chi connectivity index (χ3n) is 1.000. The Balaban J connectivity index is 3.15. The van der Waals surface area contributed by atoms with Crippen molar-refractivity contribution in [3.05, 3.63) is 0 Å². The molecule has 0 saturated carbocycles. The maximum atomic E-state index is 2.45. The Morgan fingerprint density at radius 1 is 1.29 bits per heavy atom. The fraction of sp³-hybridized carbons (Fsp3) is 1.00. The fourth-order valence-corrected chi connectivity index (χ4v) is 6.75. The Morgan fingerprint density at radius 3 is 1.71 bits per heavy atom. The molecule has 7 heavy (non-hydrogen) atoms. The number of hydrogen-bond donors (Lipinski definition) is 0. The van der Waals surface area contributed by atoms with Crippen LogP contribution in [0.5, 0.6) is 0 Å². The first-order chi connectivity index (χ1) is 3.06. The van der Waals surface area contributed by atoms with E-state index in [0.29, 0.717) is 9.52 Å². The summed E-state index contributed by atoms with van der Waals surface area (Å²) in [5.41, 5.74) is 1.62. The van der Waals surface area contributed by atoms with Crippen molar-refractivity contribution in [3.63, 3.8) is 0 Å². The van der Waals surface area contributed by atoms with E-state index in [2.05, 4.69) is 26.2 Å². The van der Waals surface area contributed by atoms with Crippen LogP contribution in [-0.4, -0.2) is 17.6 Å². The Kier molecular flexibility index (Phi) is 2.84. The lowest BCUT2D eigenvalue weighted by atomic mass is 11.7. The smallest absolute Gasteiger partial charge is 0.0411 e. The van der Waals surface area contributed by atoms with Crippen LogP contribution in [0.4, 0.5) is 0 Å². The van der Waals surface area contributed by atoms with Gasteiger partial charge in [0.25, 0.3) is 0 Å². The zero-order valence-corrected chi connectivity index (χ0v) is 8.33. The highest BCUT2D eigenvalue weighted by atomic mass is 28.4. The molecule has 0 radical (unpaired) electrons. The molecule has 0 aromatic rings. The molecule has 0 nitrogen and oxygen atoms in total. The van der Waals surface area contributed by atoms with Crippen LogP contribution in [0.2, 0.25) is 31.9 Å². The van der Waals surface area contributed by atoms with Gasteiger partial charge >= 0.3 is 0 Å². The van der Waals surface area contributed by atoms with Gasteiger partial charge in [0, 0.05) is 17.6 Å². The Morgan fingerprint density at radius 2 is 1.71 bits per heavy atom. The average Bonchev–Trinajstić information content (AvgIpc) is 1.30. The molecule has 0 spiro atoms. The van der Waals surface area contributed by atoms with E-state index in [1.807, 2.05) is 0 Å². The zero-order valence-electron chi connectivity index (χ0n) is 5.91. The molecule has 0 aliphatic carbocycles. The molecule has 0 aromatic carbocycles. The summed E-state index contributed by atoms with van der Waals surface area (Å²) in [6, 6.07) is 0. The molecule has 0 aliphatic rings. The summed E-state index contributed by atoms with van der Waals surface area (Å²) in [5, 5.41) is 0. The quantitative estimate of drug-likeness (QED) is 0.500. The average molecular weight is 132 g/mol. The van der Waals surface area contributed by atoms with Crippen LogP contribution in [0.25, 0.3) is 0 Å². The van der Waals surface area contributed by atoms with Crippen molar-refractivity contribution in [1.29, 1.82) is 0 Å². The molecule has 0 heterocycles. The van der Waals surface area contributed by atoms with Gasteiger partial charge in [0.2, 0.25) is 0 Å². The second kappa shape index (κ2) is 2.67. The van der Waals surface area contributed by atoms with Gasteiger partial charge in [0.05, 0.1) is 0 Å². The minimum atomic E-state index is -0.595. The van der Waals surface area contributed by atoms with Gasteiger partial charge < -0.3 is 0 Å². The third kappa shape index (κ3) is 6.43. The topological polar surface area (TPSA) is 0 Å². The van der Waals surface area contributed by atoms with Crippen molar-refractivity contribution in [2.45, 2.75) is 31.9 Å². The van der Waals surface area contributed by atoms with Gasteiger partial charge in [-0.25, -0.2) is 0 Å². The van der Waals surface area contributed by atoms with Crippen molar-refractivity contribution in [2.75, 3.05) is 0 Å². The third-order valence-corrected chi connectivity index (χ3v) is 9.00. The van der Waals surface area contributed by atoms with Crippen molar-refractivity contribution in [2.24, 2.45) is 0 Å². The lowest BCUT2D eigenvalue weighted by molar-refractivity contribution is 1.63. The van der Waals surface area contributed by atoms with Crippen LogP contribution in [0, 0.1) is 0 Å². The molecular formula is C5H16Si2. The Bertz CT molecular complexity index is 44.5. The Hall–Kier alpha value is 0.434. The largest absolute Gasteiger partial charge is 0.0750 e. The molecule has 0 unspecified atom stereocenters. The highest BCUT2D eigenvalue weighted by Crippen LogP contribution is 2.04. The van der Waals surface area contributed by atoms with Gasteiger partial charge in [-0.1, -0.05) is 31.9 Å². The summed E-state index contributed by atoms with van der Waals surface area (Å²) in [6.07, 6.45) is 0. The monoisotopic (exact) mass is 132 g/mol. The molecule has 2 heteroatoms. The first-order valence-electron chi connectivity index (χ1n) is 3.06. The van der Waals surface area contributed by atoms with Gasteiger partial charge in [-0.05, 0) is 0 Å². The minimum Gasteiger partial charge on any atom is -0.0750 e. The summed E-state index contributed by atoms with van der Waals surface area (Å²) in [4.78, 5) is 0. The lowest BCUT2D eigenvalue weighted by Gasteiger charge is -2.12. The van der Waals surface area contributed by atoms with Gasteiger partial charge in [0.1, 0.15) is 0 Å². The first-order valence-corrected chi connectivity index (χ1v) is 9.18. The summed E-state index contributed by atoms with van der Waals surface area (Å²) in [7, 11) is -0.224. The second-order valence-corrected chi connectivity index (χ2v) is 11.4. The van der Waals surface area contributed by atoms with Crippen molar-refractivity contribution < 1.29 is 0 Å². The Labute approximate surface area is 50.2 Å². The van der Waals surface area contributed by atoms with E-state index in [1.165, 1.54) is 0 Å². The van der Waals surface area contributed by atoms with Crippen molar-refractivity contribution in [1.82, 2.24) is 0 Å². The van der Waals surface area contributed by atoms with Gasteiger partial charge in [0.15, 0.2) is 0 Å². The van der Waals surface area contributed by atoms with E-state index in [0.717, 1.165) is 0 Å². The highest BCUT2D eigenvalue weighted by Gasteiger charge is 2.09. The summed E-state index contributed by atoms with van der Waals surface area (Å²) in [6.45, 7) is 9.74. The first kappa shape index (κ1) is 7.43. The molecule has 0 atom stereocenters. The standard InChI is InChI=1S/C5H16Si2/c1-6-5-7(2,3)4/h5-6H2,1-4H3. The van der Waals surface area contributed by atoms with E-state index < -0.39 is 8.07 Å². The molecule has 0 aromatic heterocycles. The predicted octanol–water partition coefficient (Wildman–Crippen LogP) is 1.50. The molecular weight excluding hydrogens is 116 g/mol. The number of hydrogen-bond acceptors (Lipinski definition) is 0. The van der Waals surface area contributed by atoms with Gasteiger partial charge in [-0.15, -0.1) is 0 Å². The van der Waals surface area contributed by atoms with Crippen LogP contribution in [0.1, 0.15) is 0 Å².